The van der Waals surface area contributed by atoms with Gasteiger partial charge in [-0.3, -0.25) is 10.1 Å². The number of rotatable bonds is 2. The lowest BCUT2D eigenvalue weighted by molar-refractivity contribution is -0.00692. The maximum absolute atomic E-state index is 12.3. The van der Waals surface area contributed by atoms with Crippen molar-refractivity contribution in [3.63, 3.8) is 0 Å². The van der Waals surface area contributed by atoms with E-state index in [0.717, 1.165) is 23.7 Å². The average Bonchev–Trinajstić information content (AvgIpc) is 2.50. The number of hydrogen-bond acceptors (Lipinski definition) is 2. The Bertz CT molecular complexity index is 620. The van der Waals surface area contributed by atoms with Gasteiger partial charge in [0.1, 0.15) is 0 Å². The molecule has 0 radical (unpaired) electrons. The third-order valence-corrected chi connectivity index (χ3v) is 6.42. The van der Waals surface area contributed by atoms with E-state index in [4.69, 9.17) is 23.8 Å². The third kappa shape index (κ3) is 2.99. The molecule has 23 heavy (non-hydrogen) atoms. The van der Waals surface area contributed by atoms with Gasteiger partial charge in [0.15, 0.2) is 5.11 Å². The molecule has 1 amide bonds. The van der Waals surface area contributed by atoms with Crippen LogP contribution in [0.15, 0.2) is 24.3 Å². The maximum Gasteiger partial charge on any atom is 0.258 e. The van der Waals surface area contributed by atoms with Crippen molar-refractivity contribution < 1.29 is 4.79 Å². The summed E-state index contributed by atoms with van der Waals surface area (Å²) in [5.74, 6) is 3.07. The van der Waals surface area contributed by atoms with Gasteiger partial charge < -0.3 is 5.32 Å². The molecule has 0 heterocycles. The van der Waals surface area contributed by atoms with Gasteiger partial charge in [0.2, 0.25) is 0 Å². The largest absolute Gasteiger partial charge is 0.359 e. The van der Waals surface area contributed by atoms with Crippen LogP contribution in [0.25, 0.3) is 0 Å². The van der Waals surface area contributed by atoms with Crippen LogP contribution in [0.3, 0.4) is 0 Å². The molecule has 5 heteroatoms. The van der Waals surface area contributed by atoms with Crippen LogP contribution in [-0.4, -0.2) is 17.1 Å². The van der Waals surface area contributed by atoms with Crippen molar-refractivity contribution in [3.8, 4) is 0 Å². The standard InChI is InChI=1S/C18H21ClN2OS/c19-15-4-2-1-3-14(15)17(22)21-18(23)20-16-12-6-10-5-11(8-12)9-13(16)7-10/h1-4,10-13,16H,5-9H2,(H2,20,21,22,23). The first-order chi connectivity index (χ1) is 11.1. The SMILES string of the molecule is O=C(NC(=S)NC1C2CC3CC(C2)CC1C3)c1ccccc1Cl. The van der Waals surface area contributed by atoms with Gasteiger partial charge in [-0.2, -0.15) is 0 Å². The minimum Gasteiger partial charge on any atom is -0.359 e. The van der Waals surface area contributed by atoms with E-state index in [1.807, 2.05) is 6.07 Å². The summed E-state index contributed by atoms with van der Waals surface area (Å²) in [5.41, 5.74) is 0.461. The number of nitrogens with one attached hydrogen (secondary N) is 2. The van der Waals surface area contributed by atoms with Crippen molar-refractivity contribution >= 4 is 34.8 Å². The molecule has 0 aliphatic heterocycles. The molecule has 4 aliphatic rings. The van der Waals surface area contributed by atoms with Crippen LogP contribution in [0.2, 0.25) is 5.02 Å². The Labute approximate surface area is 147 Å². The monoisotopic (exact) mass is 348 g/mol. The van der Waals surface area contributed by atoms with Gasteiger partial charge in [-0.1, -0.05) is 23.7 Å². The number of hydrogen-bond donors (Lipinski definition) is 2. The molecular weight excluding hydrogens is 328 g/mol. The van der Waals surface area contributed by atoms with Crippen LogP contribution in [0.5, 0.6) is 0 Å². The summed E-state index contributed by atoms with van der Waals surface area (Å²) in [6.45, 7) is 0. The second kappa shape index (κ2) is 6.06. The Morgan fingerprint density at radius 2 is 1.65 bits per heavy atom. The van der Waals surface area contributed by atoms with E-state index in [-0.39, 0.29) is 5.91 Å². The minimum atomic E-state index is -0.239. The fraction of sp³-hybridized carbons (Fsp3) is 0.556. The second-order valence-electron chi connectivity index (χ2n) is 7.36. The summed E-state index contributed by atoms with van der Waals surface area (Å²) in [5, 5.41) is 7.12. The Morgan fingerprint density at radius 3 is 2.26 bits per heavy atom. The van der Waals surface area contributed by atoms with Crippen molar-refractivity contribution in [1.29, 1.82) is 0 Å². The van der Waals surface area contributed by atoms with Gasteiger partial charge in [0.05, 0.1) is 10.6 Å². The van der Waals surface area contributed by atoms with E-state index < -0.39 is 0 Å². The summed E-state index contributed by atoms with van der Waals surface area (Å²) < 4.78 is 0. The third-order valence-electron chi connectivity index (χ3n) is 5.87. The number of halogens is 1. The highest BCUT2D eigenvalue weighted by molar-refractivity contribution is 7.80. The van der Waals surface area contributed by atoms with Gasteiger partial charge in [0, 0.05) is 6.04 Å². The Balaban J connectivity index is 1.39. The molecule has 4 saturated carbocycles. The lowest BCUT2D eigenvalue weighted by Gasteiger charge is -2.54. The van der Waals surface area contributed by atoms with Crippen LogP contribution < -0.4 is 10.6 Å². The minimum absolute atomic E-state index is 0.239. The quantitative estimate of drug-likeness (QED) is 0.799. The molecule has 4 fully saturated rings. The maximum atomic E-state index is 12.3. The Kier molecular flexibility index (Phi) is 4.06. The smallest absolute Gasteiger partial charge is 0.258 e. The molecule has 4 aliphatic carbocycles. The van der Waals surface area contributed by atoms with E-state index in [9.17, 15) is 4.79 Å². The number of carbonyl (C=O) groups is 1. The molecule has 4 bridgehead atoms. The fourth-order valence-electron chi connectivity index (χ4n) is 5.16. The first kappa shape index (κ1) is 15.4. The van der Waals surface area contributed by atoms with E-state index in [1.165, 1.54) is 32.1 Å². The highest BCUT2D eigenvalue weighted by Gasteiger charge is 2.48. The summed E-state index contributed by atoms with van der Waals surface area (Å²) in [4.78, 5) is 12.3. The summed E-state index contributed by atoms with van der Waals surface area (Å²) in [7, 11) is 0. The zero-order chi connectivity index (χ0) is 16.0. The summed E-state index contributed by atoms with van der Waals surface area (Å²) >= 11 is 11.5. The zero-order valence-electron chi connectivity index (χ0n) is 12.9. The van der Waals surface area contributed by atoms with Gasteiger partial charge in [-0.15, -0.1) is 0 Å². The normalized spacial score (nSPS) is 34.2. The van der Waals surface area contributed by atoms with Crippen LogP contribution >= 0.6 is 23.8 Å². The summed E-state index contributed by atoms with van der Waals surface area (Å²) in [6, 6.07) is 7.47. The molecule has 1 aromatic carbocycles. The second-order valence-corrected chi connectivity index (χ2v) is 8.18. The van der Waals surface area contributed by atoms with Crippen LogP contribution in [0, 0.1) is 23.7 Å². The Morgan fingerprint density at radius 1 is 1.04 bits per heavy atom. The lowest BCUT2D eigenvalue weighted by atomic mass is 9.54. The number of carbonyl (C=O) groups excluding carboxylic acids is 1. The topological polar surface area (TPSA) is 41.1 Å². The molecule has 122 valence electrons. The number of thiocarbonyl (C=S) groups is 1. The molecular formula is C18H21ClN2OS. The van der Waals surface area contributed by atoms with E-state index >= 15 is 0 Å². The molecule has 1 aromatic rings. The first-order valence-electron chi connectivity index (χ1n) is 8.46. The molecule has 0 unspecified atom stereocenters. The van der Waals surface area contributed by atoms with Gasteiger partial charge in [-0.05, 0) is 80.1 Å². The van der Waals surface area contributed by atoms with Crippen molar-refractivity contribution in [2.24, 2.45) is 23.7 Å². The predicted octanol–water partition coefficient (Wildman–Crippen LogP) is 3.77. The van der Waals surface area contributed by atoms with Crippen molar-refractivity contribution in [2.45, 2.75) is 38.1 Å². The molecule has 5 rings (SSSR count). The molecule has 0 aromatic heterocycles. The average molecular weight is 349 g/mol. The van der Waals surface area contributed by atoms with Gasteiger partial charge in [-0.25, -0.2) is 0 Å². The van der Waals surface area contributed by atoms with Crippen LogP contribution in [0.1, 0.15) is 42.5 Å². The number of amides is 1. The molecule has 0 saturated heterocycles. The van der Waals surface area contributed by atoms with Crippen molar-refractivity contribution in [2.75, 3.05) is 0 Å². The fourth-order valence-corrected chi connectivity index (χ4v) is 5.61. The highest BCUT2D eigenvalue weighted by Crippen LogP contribution is 2.53. The van der Waals surface area contributed by atoms with Crippen LogP contribution in [0.4, 0.5) is 0 Å². The summed E-state index contributed by atoms with van der Waals surface area (Å²) in [6.07, 6.45) is 6.74. The molecule has 2 N–H and O–H groups in total. The first-order valence-corrected chi connectivity index (χ1v) is 9.25. The van der Waals surface area contributed by atoms with E-state index in [2.05, 4.69) is 10.6 Å². The lowest BCUT2D eigenvalue weighted by Crippen LogP contribution is -2.57. The Hall–Kier alpha value is -1.13. The van der Waals surface area contributed by atoms with Gasteiger partial charge >= 0.3 is 0 Å². The molecule has 0 atom stereocenters. The van der Waals surface area contributed by atoms with Gasteiger partial charge in [0.25, 0.3) is 5.91 Å². The molecule has 0 spiro atoms. The molecule has 3 nitrogen and oxygen atoms in total. The predicted molar refractivity (Wildman–Crippen MR) is 95.5 cm³/mol. The number of benzene rings is 1. The van der Waals surface area contributed by atoms with Crippen molar-refractivity contribution in [3.05, 3.63) is 34.9 Å². The highest BCUT2D eigenvalue weighted by atomic mass is 35.5. The van der Waals surface area contributed by atoms with E-state index in [0.29, 0.717) is 21.7 Å². The van der Waals surface area contributed by atoms with Crippen LogP contribution in [-0.2, 0) is 0 Å². The van der Waals surface area contributed by atoms with Crippen molar-refractivity contribution in [1.82, 2.24) is 10.6 Å². The zero-order valence-corrected chi connectivity index (χ0v) is 14.5. The van der Waals surface area contributed by atoms with E-state index in [1.54, 1.807) is 18.2 Å².